The third kappa shape index (κ3) is 5.60. The third-order valence-corrected chi connectivity index (χ3v) is 9.65. The van der Waals surface area contributed by atoms with Gasteiger partial charge in [-0.25, -0.2) is 4.98 Å². The Kier molecular flexibility index (Phi) is 8.87. The van der Waals surface area contributed by atoms with Crippen LogP contribution in [-0.4, -0.2) is 41.7 Å². The van der Waals surface area contributed by atoms with Gasteiger partial charge in [-0.1, -0.05) is 12.1 Å². The number of pyridine rings is 1. The number of rotatable bonds is 5. The summed E-state index contributed by atoms with van der Waals surface area (Å²) in [6, 6.07) is 7.97. The van der Waals surface area contributed by atoms with Gasteiger partial charge in [-0.3, -0.25) is 14.4 Å². The molecular weight excluding hydrogens is 643 g/mol. The summed E-state index contributed by atoms with van der Waals surface area (Å²) in [6.45, 7) is 3.19. The number of carbonyl (C=O) groups excluding carboxylic acids is 3. The molecule has 2 aromatic carbocycles. The van der Waals surface area contributed by atoms with Gasteiger partial charge in [-0.2, -0.15) is 13.2 Å². The van der Waals surface area contributed by atoms with Crippen molar-refractivity contribution in [1.29, 1.82) is 0 Å². The van der Waals surface area contributed by atoms with Gasteiger partial charge in [-0.15, -0.1) is 23.7 Å². The number of nitrogen functional groups attached to an aromatic ring is 1. The van der Waals surface area contributed by atoms with Crippen molar-refractivity contribution >= 4 is 62.9 Å². The zero-order chi connectivity index (χ0) is 32.3. The Morgan fingerprint density at radius 2 is 1.85 bits per heavy atom. The van der Waals surface area contributed by atoms with Crippen LogP contribution in [0.5, 0.6) is 0 Å². The first kappa shape index (κ1) is 33.3. The molecule has 6 rings (SSSR count). The van der Waals surface area contributed by atoms with Crippen molar-refractivity contribution in [2.45, 2.75) is 43.6 Å². The zero-order valence-corrected chi connectivity index (χ0v) is 26.1. The number of amides is 2. The van der Waals surface area contributed by atoms with E-state index in [2.05, 4.69) is 20.9 Å². The summed E-state index contributed by atoms with van der Waals surface area (Å²) in [5.41, 5.74) is 19.4. The lowest BCUT2D eigenvalue weighted by Crippen LogP contribution is -2.53. The highest BCUT2D eigenvalue weighted by Gasteiger charge is 2.49. The molecule has 3 heterocycles. The second-order valence-corrected chi connectivity index (χ2v) is 12.3. The Labute approximate surface area is 271 Å². The number of nitrogens with two attached hydrogens (primary N) is 3. The van der Waals surface area contributed by atoms with Gasteiger partial charge in [0.05, 0.1) is 21.2 Å². The summed E-state index contributed by atoms with van der Waals surface area (Å²) in [4.78, 5) is 44.7. The molecule has 2 amide bonds. The highest BCUT2D eigenvalue weighted by molar-refractivity contribution is 7.21. The molecule has 0 bridgehead atoms. The van der Waals surface area contributed by atoms with E-state index in [1.165, 1.54) is 29.5 Å². The van der Waals surface area contributed by atoms with Gasteiger partial charge in [-0.05, 0) is 73.3 Å². The molecule has 2 aliphatic rings. The summed E-state index contributed by atoms with van der Waals surface area (Å²) < 4.78 is 39.9. The predicted octanol–water partition coefficient (Wildman–Crippen LogP) is 4.15. The van der Waals surface area contributed by atoms with E-state index in [1.54, 1.807) is 19.1 Å². The van der Waals surface area contributed by atoms with Crippen LogP contribution >= 0.6 is 23.7 Å². The average Bonchev–Trinajstić information content (AvgIpc) is 3.42. The van der Waals surface area contributed by atoms with E-state index in [0.717, 1.165) is 37.7 Å². The molecule has 15 heteroatoms. The molecule has 46 heavy (non-hydrogen) atoms. The smallest absolute Gasteiger partial charge is 0.398 e. The van der Waals surface area contributed by atoms with Crippen LogP contribution in [0.2, 0.25) is 0 Å². The summed E-state index contributed by atoms with van der Waals surface area (Å²) in [6.07, 6.45) is -1.89. The van der Waals surface area contributed by atoms with Gasteiger partial charge in [0.1, 0.15) is 11.4 Å². The van der Waals surface area contributed by atoms with Gasteiger partial charge in [0.15, 0.2) is 5.78 Å². The number of thiophene rings is 1. The third-order valence-electron chi connectivity index (χ3n) is 8.39. The maximum atomic E-state index is 14.1. The Morgan fingerprint density at radius 3 is 2.52 bits per heavy atom. The van der Waals surface area contributed by atoms with Crippen LogP contribution in [0.4, 0.5) is 24.7 Å². The van der Waals surface area contributed by atoms with Crippen LogP contribution in [0.1, 0.15) is 66.7 Å². The number of nitrogens with one attached hydrogen (secondary N) is 3. The number of halogens is 4. The lowest BCUT2D eigenvalue weighted by molar-refractivity contribution is -0.137. The quantitative estimate of drug-likeness (QED) is 0.171. The predicted molar refractivity (Wildman–Crippen MR) is 172 cm³/mol. The monoisotopic (exact) mass is 673 g/mol. The van der Waals surface area contributed by atoms with Crippen molar-refractivity contribution in [3.05, 3.63) is 86.9 Å². The Hall–Kier alpha value is -4.08. The number of Topliss-reactive ketones (excluding diaryl/α,β-unsaturated/α-hetero) is 1. The molecule has 9 N–H and O–H groups in total. The van der Waals surface area contributed by atoms with Gasteiger partial charge < -0.3 is 33.2 Å². The van der Waals surface area contributed by atoms with Gasteiger partial charge in [0.2, 0.25) is 0 Å². The standard InChI is InChI=1S/C31H30F3N7O3S.ClH/c1-14-11-15(28(43)41-21-12-16(8-10-39-21)31(32,33)34)4-5-18(14)30(37)19-6-7-20(35)25-22(19)23(24(36)27(30)42)26(45-25)29(44)40-17-3-2-9-38-13-17;/h4-8,10-12,17,24,38H,2-3,9,13,35-37H2,1H3,(H,40,44)(H,39,41,43);1H. The number of nitrogens with zero attached hydrogens (tertiary/aromatic N) is 1. The van der Waals surface area contributed by atoms with E-state index in [-0.39, 0.29) is 35.7 Å². The first-order chi connectivity index (χ1) is 21.3. The zero-order valence-electron chi connectivity index (χ0n) is 24.5. The van der Waals surface area contributed by atoms with Crippen LogP contribution in [0.3, 0.4) is 0 Å². The number of ketones is 1. The molecule has 1 saturated heterocycles. The van der Waals surface area contributed by atoms with Gasteiger partial charge in [0.25, 0.3) is 11.8 Å². The lowest BCUT2D eigenvalue weighted by Gasteiger charge is -2.37. The van der Waals surface area contributed by atoms with Crippen LogP contribution in [0.25, 0.3) is 10.1 Å². The maximum absolute atomic E-state index is 14.1. The molecule has 2 aromatic heterocycles. The van der Waals surface area contributed by atoms with E-state index >= 15 is 0 Å². The van der Waals surface area contributed by atoms with Crippen molar-refractivity contribution in [2.75, 3.05) is 24.1 Å². The number of carbonyl (C=O) groups is 3. The number of piperidine rings is 1. The first-order valence-corrected chi connectivity index (χ1v) is 15.0. The molecule has 0 radical (unpaired) electrons. The summed E-state index contributed by atoms with van der Waals surface area (Å²) >= 11 is 1.17. The van der Waals surface area contributed by atoms with E-state index in [1.807, 2.05) is 0 Å². The first-order valence-electron chi connectivity index (χ1n) is 14.2. The second-order valence-electron chi connectivity index (χ2n) is 11.3. The maximum Gasteiger partial charge on any atom is 0.416 e. The number of alkyl halides is 3. The Balaban J connectivity index is 0.00000417. The van der Waals surface area contributed by atoms with Crippen molar-refractivity contribution < 1.29 is 27.6 Å². The van der Waals surface area contributed by atoms with Crippen molar-refractivity contribution in [3.63, 3.8) is 0 Å². The molecule has 1 fully saturated rings. The summed E-state index contributed by atoms with van der Waals surface area (Å²) in [5, 5.41) is 9.24. The molecule has 4 aromatic rings. The van der Waals surface area contributed by atoms with E-state index in [9.17, 15) is 27.6 Å². The molecule has 0 spiro atoms. The Morgan fingerprint density at radius 1 is 1.11 bits per heavy atom. The topological polar surface area (TPSA) is 178 Å². The van der Waals surface area contributed by atoms with Crippen LogP contribution in [-0.2, 0) is 16.5 Å². The fraction of sp³-hybridized carbons (Fsp3) is 0.290. The van der Waals surface area contributed by atoms with Crippen LogP contribution in [0, 0.1) is 6.92 Å². The van der Waals surface area contributed by atoms with E-state index in [4.69, 9.17) is 17.2 Å². The minimum absolute atomic E-state index is 0. The van der Waals surface area contributed by atoms with Crippen molar-refractivity contribution in [1.82, 2.24) is 15.6 Å². The van der Waals surface area contributed by atoms with Crippen LogP contribution < -0.4 is 33.2 Å². The molecule has 242 valence electrons. The largest absolute Gasteiger partial charge is 0.416 e. The molecular formula is C31H31ClF3N7O3S. The van der Waals surface area contributed by atoms with Gasteiger partial charge in [0, 0.05) is 41.0 Å². The van der Waals surface area contributed by atoms with Crippen molar-refractivity contribution in [2.24, 2.45) is 11.5 Å². The number of hydrogen-bond acceptors (Lipinski definition) is 9. The molecule has 1 aliphatic heterocycles. The molecule has 3 unspecified atom stereocenters. The minimum Gasteiger partial charge on any atom is -0.398 e. The average molecular weight is 674 g/mol. The number of hydrogen-bond donors (Lipinski definition) is 6. The number of aromatic nitrogens is 1. The lowest BCUT2D eigenvalue weighted by atomic mass is 9.69. The Bertz CT molecular complexity index is 1880. The highest BCUT2D eigenvalue weighted by atomic mass is 35.5. The molecule has 3 atom stereocenters. The van der Waals surface area contributed by atoms with E-state index in [0.29, 0.717) is 49.4 Å². The second kappa shape index (κ2) is 12.3. The van der Waals surface area contributed by atoms with Crippen molar-refractivity contribution in [3.8, 4) is 0 Å². The highest BCUT2D eigenvalue weighted by Crippen LogP contribution is 2.50. The van der Waals surface area contributed by atoms with Gasteiger partial charge >= 0.3 is 6.18 Å². The minimum atomic E-state index is -4.60. The summed E-state index contributed by atoms with van der Waals surface area (Å²) in [5.74, 6) is -1.84. The van der Waals surface area contributed by atoms with E-state index < -0.39 is 35.0 Å². The number of benzene rings is 2. The normalized spacial score (nSPS) is 21.0. The molecule has 1 aliphatic carbocycles. The molecule has 0 saturated carbocycles. The number of aryl methyl sites for hydroxylation is 1. The van der Waals surface area contributed by atoms with Crippen LogP contribution in [0.15, 0.2) is 48.7 Å². The SMILES string of the molecule is Cc1cc(C(=O)Nc2cc(C(F)(F)F)ccn2)ccc1C1(N)C(=O)C(N)c2c(C(=O)NC3CCCNC3)sc3c(N)ccc1c23.Cl. The summed E-state index contributed by atoms with van der Waals surface area (Å²) in [7, 11) is 0. The molecule has 10 nitrogen and oxygen atoms in total. The fourth-order valence-electron chi connectivity index (χ4n) is 6.16. The number of anilines is 2. The fourth-order valence-corrected chi connectivity index (χ4v) is 7.37.